The van der Waals surface area contributed by atoms with Crippen molar-refractivity contribution in [3.05, 3.63) is 70.0 Å². The van der Waals surface area contributed by atoms with E-state index in [-0.39, 0.29) is 11.7 Å². The zero-order chi connectivity index (χ0) is 22.3. The fraction of sp³-hybridized carbons (Fsp3) is 0.348. The molecule has 9 heteroatoms. The Morgan fingerprint density at radius 2 is 1.75 bits per heavy atom. The van der Waals surface area contributed by atoms with Crippen LogP contribution in [-0.2, 0) is 17.9 Å². The third-order valence-electron chi connectivity index (χ3n) is 5.35. The molecule has 1 aliphatic rings. The molecule has 0 bridgehead atoms. The van der Waals surface area contributed by atoms with Crippen LogP contribution < -0.4 is 5.32 Å². The minimum atomic E-state index is -0.175. The molecule has 0 spiro atoms. The number of nitrogens with one attached hydrogen (secondary N) is 1. The molecular weight excluding hydrogens is 465 g/mol. The number of rotatable bonds is 8. The molecule has 1 aliphatic heterocycles. The molecule has 1 saturated heterocycles. The Balaban J connectivity index is 1.46. The molecule has 4 rings (SSSR count). The number of likely N-dealkylation sites (tertiary alicyclic amines) is 1. The second kappa shape index (κ2) is 11.2. The summed E-state index contributed by atoms with van der Waals surface area (Å²) in [5, 5.41) is 13.2. The number of benzene rings is 2. The summed E-state index contributed by atoms with van der Waals surface area (Å²) in [7, 11) is 0. The van der Waals surface area contributed by atoms with Gasteiger partial charge in [-0.3, -0.25) is 9.69 Å². The largest absolute Gasteiger partial charge is 0.324 e. The summed E-state index contributed by atoms with van der Waals surface area (Å²) in [6, 6.07) is 15.4. The molecule has 0 saturated carbocycles. The summed E-state index contributed by atoms with van der Waals surface area (Å²) in [6.07, 6.45) is 3.74. The number of hydrogen-bond acceptors (Lipinski definition) is 5. The van der Waals surface area contributed by atoms with Crippen LogP contribution in [0.3, 0.4) is 0 Å². The van der Waals surface area contributed by atoms with Crippen molar-refractivity contribution in [2.45, 2.75) is 37.5 Å². The van der Waals surface area contributed by atoms with E-state index in [9.17, 15) is 4.79 Å². The molecule has 168 valence electrons. The van der Waals surface area contributed by atoms with Gasteiger partial charge in [-0.25, -0.2) is 0 Å². The van der Waals surface area contributed by atoms with Gasteiger partial charge in [0.1, 0.15) is 5.82 Å². The summed E-state index contributed by atoms with van der Waals surface area (Å²) < 4.78 is 2.12. The van der Waals surface area contributed by atoms with Crippen molar-refractivity contribution in [3.63, 3.8) is 0 Å². The number of carbonyl (C=O) groups is 1. The highest BCUT2D eigenvalue weighted by Crippen LogP contribution is 2.30. The Bertz CT molecular complexity index is 1050. The fourth-order valence-corrected chi connectivity index (χ4v) is 4.81. The van der Waals surface area contributed by atoms with Crippen LogP contribution in [0.4, 0.5) is 5.69 Å². The van der Waals surface area contributed by atoms with E-state index >= 15 is 0 Å². The maximum absolute atomic E-state index is 12.5. The zero-order valence-corrected chi connectivity index (χ0v) is 20.0. The number of nitrogens with zero attached hydrogens (tertiary/aromatic N) is 4. The molecule has 2 heterocycles. The number of amides is 1. The van der Waals surface area contributed by atoms with Crippen molar-refractivity contribution < 1.29 is 4.79 Å². The molecule has 1 amide bonds. The molecule has 1 aromatic heterocycles. The summed E-state index contributed by atoms with van der Waals surface area (Å²) in [4.78, 5) is 15.0. The topological polar surface area (TPSA) is 63.1 Å². The molecule has 0 unspecified atom stereocenters. The minimum absolute atomic E-state index is 0.175. The van der Waals surface area contributed by atoms with Crippen molar-refractivity contribution >= 4 is 46.6 Å². The lowest BCUT2D eigenvalue weighted by Gasteiger charge is -2.26. The van der Waals surface area contributed by atoms with Gasteiger partial charge in [0.15, 0.2) is 5.16 Å². The van der Waals surface area contributed by atoms with E-state index in [4.69, 9.17) is 23.2 Å². The van der Waals surface area contributed by atoms with Crippen LogP contribution in [-0.4, -0.2) is 44.4 Å². The molecule has 1 fully saturated rings. The van der Waals surface area contributed by atoms with Gasteiger partial charge in [-0.05, 0) is 43.6 Å². The van der Waals surface area contributed by atoms with E-state index in [1.165, 1.54) is 36.6 Å². The molecule has 1 N–H and O–H groups in total. The van der Waals surface area contributed by atoms with E-state index in [1.807, 2.05) is 18.2 Å². The van der Waals surface area contributed by atoms with Crippen molar-refractivity contribution in [1.82, 2.24) is 19.7 Å². The Morgan fingerprint density at radius 1 is 0.969 bits per heavy atom. The molecule has 3 aromatic rings. The van der Waals surface area contributed by atoms with Crippen molar-refractivity contribution in [2.75, 3.05) is 24.2 Å². The SMILES string of the molecule is O=C(CSc1nnc(CN2CCCCC2)n1Cc1ccccc1)Nc1cccc(Cl)c1Cl. The first kappa shape index (κ1) is 23.1. The first-order chi connectivity index (χ1) is 15.6. The van der Waals surface area contributed by atoms with Crippen molar-refractivity contribution in [1.29, 1.82) is 0 Å². The van der Waals surface area contributed by atoms with Gasteiger partial charge in [-0.1, -0.05) is 77.8 Å². The highest BCUT2D eigenvalue weighted by molar-refractivity contribution is 7.99. The maximum atomic E-state index is 12.5. The summed E-state index contributed by atoms with van der Waals surface area (Å²) in [5.41, 5.74) is 1.67. The molecule has 0 radical (unpaired) electrons. The van der Waals surface area contributed by atoms with E-state index in [2.05, 4.69) is 37.1 Å². The van der Waals surface area contributed by atoms with Crippen LogP contribution in [0.2, 0.25) is 10.0 Å². The predicted octanol–water partition coefficient (Wildman–Crippen LogP) is 5.35. The molecule has 32 heavy (non-hydrogen) atoms. The predicted molar refractivity (Wildman–Crippen MR) is 131 cm³/mol. The lowest BCUT2D eigenvalue weighted by molar-refractivity contribution is -0.113. The average molecular weight is 490 g/mol. The van der Waals surface area contributed by atoms with Gasteiger partial charge in [0.2, 0.25) is 5.91 Å². The van der Waals surface area contributed by atoms with Crippen molar-refractivity contribution in [2.24, 2.45) is 0 Å². The monoisotopic (exact) mass is 489 g/mol. The van der Waals surface area contributed by atoms with Crippen LogP contribution in [0.25, 0.3) is 0 Å². The van der Waals surface area contributed by atoms with Crippen molar-refractivity contribution in [3.8, 4) is 0 Å². The van der Waals surface area contributed by atoms with Gasteiger partial charge >= 0.3 is 0 Å². The van der Waals surface area contributed by atoms with Crippen LogP contribution >= 0.6 is 35.0 Å². The Morgan fingerprint density at radius 3 is 2.53 bits per heavy atom. The Hall–Kier alpha value is -2.06. The summed E-state index contributed by atoms with van der Waals surface area (Å²) in [5.74, 6) is 0.946. The number of halogens is 2. The minimum Gasteiger partial charge on any atom is -0.324 e. The molecule has 2 aromatic carbocycles. The lowest BCUT2D eigenvalue weighted by atomic mass is 10.1. The number of aromatic nitrogens is 3. The standard InChI is InChI=1S/C23H25Cl2N5OS/c24-18-10-7-11-19(22(18)25)26-21(31)16-32-23-28-27-20(15-29-12-5-2-6-13-29)30(23)14-17-8-3-1-4-9-17/h1,3-4,7-11H,2,5-6,12-16H2,(H,26,31). The quantitative estimate of drug-likeness (QED) is 0.432. The second-order valence-corrected chi connectivity index (χ2v) is 9.47. The first-order valence-corrected chi connectivity index (χ1v) is 12.4. The van der Waals surface area contributed by atoms with E-state index in [1.54, 1.807) is 18.2 Å². The summed E-state index contributed by atoms with van der Waals surface area (Å²) in [6.45, 7) is 3.61. The van der Waals surface area contributed by atoms with Crippen LogP contribution in [0.1, 0.15) is 30.7 Å². The fourth-order valence-electron chi connectivity index (χ4n) is 3.70. The number of hydrogen-bond donors (Lipinski definition) is 1. The van der Waals surface area contributed by atoms with Gasteiger partial charge in [-0.15, -0.1) is 10.2 Å². The van der Waals surface area contributed by atoms with E-state index in [0.29, 0.717) is 22.3 Å². The van der Waals surface area contributed by atoms with Gasteiger partial charge in [-0.2, -0.15) is 0 Å². The zero-order valence-electron chi connectivity index (χ0n) is 17.6. The van der Waals surface area contributed by atoms with Crippen LogP contribution in [0.5, 0.6) is 0 Å². The Kier molecular flexibility index (Phi) is 8.08. The summed E-state index contributed by atoms with van der Waals surface area (Å²) >= 11 is 13.6. The van der Waals surface area contributed by atoms with Gasteiger partial charge in [0, 0.05) is 0 Å². The van der Waals surface area contributed by atoms with Crippen LogP contribution in [0.15, 0.2) is 53.7 Å². The molecule has 0 atom stereocenters. The maximum Gasteiger partial charge on any atom is 0.234 e. The van der Waals surface area contributed by atoms with Gasteiger partial charge < -0.3 is 9.88 Å². The Labute approximate surface area is 202 Å². The highest BCUT2D eigenvalue weighted by atomic mass is 35.5. The lowest BCUT2D eigenvalue weighted by Crippen LogP contribution is -2.30. The third-order valence-corrected chi connectivity index (χ3v) is 7.13. The normalized spacial score (nSPS) is 14.4. The number of thioether (sulfide) groups is 1. The average Bonchev–Trinajstić information content (AvgIpc) is 3.18. The van der Waals surface area contributed by atoms with Crippen LogP contribution in [0, 0.1) is 0 Å². The van der Waals surface area contributed by atoms with Gasteiger partial charge in [0.25, 0.3) is 0 Å². The highest BCUT2D eigenvalue weighted by Gasteiger charge is 2.19. The van der Waals surface area contributed by atoms with E-state index in [0.717, 1.165) is 30.6 Å². The number of piperidine rings is 1. The third kappa shape index (κ3) is 6.04. The molecule has 6 nitrogen and oxygen atoms in total. The number of anilines is 1. The van der Waals surface area contributed by atoms with Gasteiger partial charge in [0.05, 0.1) is 34.6 Å². The molecule has 0 aliphatic carbocycles. The second-order valence-electron chi connectivity index (χ2n) is 7.75. The number of carbonyl (C=O) groups excluding carboxylic acids is 1. The molecular formula is C23H25Cl2N5OS. The smallest absolute Gasteiger partial charge is 0.234 e. The first-order valence-electron chi connectivity index (χ1n) is 10.6. The van der Waals surface area contributed by atoms with E-state index < -0.39 is 0 Å².